The highest BCUT2D eigenvalue weighted by molar-refractivity contribution is 8.00. The highest BCUT2D eigenvalue weighted by Crippen LogP contribution is 2.28. The first-order valence-electron chi connectivity index (χ1n) is 9.36. The van der Waals surface area contributed by atoms with Crippen LogP contribution in [0.3, 0.4) is 0 Å². The molecule has 2 aromatic rings. The molecule has 1 aliphatic carbocycles. The summed E-state index contributed by atoms with van der Waals surface area (Å²) < 4.78 is 10.5. The van der Waals surface area contributed by atoms with Crippen molar-refractivity contribution >= 4 is 29.3 Å². The van der Waals surface area contributed by atoms with Crippen LogP contribution in [0, 0.1) is 6.92 Å². The van der Waals surface area contributed by atoms with Gasteiger partial charge in [-0.05, 0) is 74.1 Å². The number of thioether (sulfide) groups is 1. The van der Waals surface area contributed by atoms with Gasteiger partial charge in [-0.2, -0.15) is 0 Å². The molecule has 0 radical (unpaired) electrons. The number of carbonyl (C=O) groups excluding carboxylic acids is 2. The summed E-state index contributed by atoms with van der Waals surface area (Å²) in [7, 11) is 1.54. The van der Waals surface area contributed by atoms with Crippen LogP contribution >= 0.6 is 11.8 Å². The number of esters is 1. The van der Waals surface area contributed by atoms with Crippen LogP contribution in [0.2, 0.25) is 0 Å². The van der Waals surface area contributed by atoms with Gasteiger partial charge in [-0.25, -0.2) is 0 Å². The largest absolute Gasteiger partial charge is 0.495 e. The Morgan fingerprint density at radius 2 is 1.93 bits per heavy atom. The third-order valence-corrected chi connectivity index (χ3v) is 5.68. The summed E-state index contributed by atoms with van der Waals surface area (Å²) in [5.74, 6) is -0.0711. The molecule has 0 saturated heterocycles. The van der Waals surface area contributed by atoms with Crippen molar-refractivity contribution in [2.24, 2.45) is 0 Å². The molecule has 3 rings (SSSR count). The zero-order chi connectivity index (χ0) is 20.1. The van der Waals surface area contributed by atoms with Crippen molar-refractivity contribution in [2.75, 3.05) is 18.2 Å². The molecule has 2 aromatic carbocycles. The fourth-order valence-corrected chi connectivity index (χ4v) is 3.96. The smallest absolute Gasteiger partial charge is 0.317 e. The first-order chi connectivity index (χ1) is 13.5. The number of nitrogens with one attached hydrogen (secondary N) is 1. The van der Waals surface area contributed by atoms with E-state index in [1.165, 1.54) is 29.3 Å². The Hall–Kier alpha value is -2.47. The second kappa shape index (κ2) is 9.15. The molecule has 148 valence electrons. The minimum Gasteiger partial charge on any atom is -0.495 e. The lowest BCUT2D eigenvalue weighted by Gasteiger charge is -2.15. The van der Waals surface area contributed by atoms with Crippen LogP contribution < -0.4 is 10.1 Å². The molecule has 28 heavy (non-hydrogen) atoms. The van der Waals surface area contributed by atoms with E-state index in [0.29, 0.717) is 11.4 Å². The predicted octanol–water partition coefficient (Wildman–Crippen LogP) is 4.15. The quantitative estimate of drug-likeness (QED) is 0.560. The Labute approximate surface area is 169 Å². The Bertz CT molecular complexity index is 881. The number of anilines is 1. The fraction of sp³-hybridized carbons (Fsp3) is 0.364. The summed E-state index contributed by atoms with van der Waals surface area (Å²) in [6.45, 7) is 3.49. The maximum atomic E-state index is 12.4. The number of hydrogen-bond acceptors (Lipinski definition) is 5. The van der Waals surface area contributed by atoms with Crippen LogP contribution in [0.1, 0.15) is 30.0 Å². The summed E-state index contributed by atoms with van der Waals surface area (Å²) in [6, 6.07) is 11.8. The molecule has 0 aromatic heterocycles. The molecule has 0 unspecified atom stereocenters. The molecule has 1 amide bonds. The average Bonchev–Trinajstić information content (AvgIpc) is 3.14. The van der Waals surface area contributed by atoms with Gasteiger partial charge < -0.3 is 14.8 Å². The highest BCUT2D eigenvalue weighted by Gasteiger charge is 2.20. The van der Waals surface area contributed by atoms with Crippen molar-refractivity contribution < 1.29 is 19.1 Å². The number of amides is 1. The van der Waals surface area contributed by atoms with E-state index < -0.39 is 12.1 Å². The van der Waals surface area contributed by atoms with E-state index in [1.54, 1.807) is 20.1 Å². The Balaban J connectivity index is 1.51. The van der Waals surface area contributed by atoms with Gasteiger partial charge in [0.25, 0.3) is 5.91 Å². The van der Waals surface area contributed by atoms with Crippen molar-refractivity contribution in [2.45, 2.75) is 44.1 Å². The van der Waals surface area contributed by atoms with E-state index in [0.717, 1.165) is 23.3 Å². The third-order valence-electron chi connectivity index (χ3n) is 4.72. The molecule has 0 heterocycles. The molecule has 0 spiro atoms. The molecule has 6 heteroatoms. The maximum absolute atomic E-state index is 12.4. The van der Waals surface area contributed by atoms with Crippen LogP contribution in [0.15, 0.2) is 41.3 Å². The fourth-order valence-electron chi connectivity index (χ4n) is 3.22. The number of aryl methyl sites for hydroxylation is 3. The zero-order valence-corrected chi connectivity index (χ0v) is 17.2. The lowest BCUT2D eigenvalue weighted by Crippen LogP contribution is -2.30. The van der Waals surface area contributed by atoms with E-state index in [1.807, 2.05) is 25.1 Å². The van der Waals surface area contributed by atoms with Crippen LogP contribution in [-0.2, 0) is 27.2 Å². The van der Waals surface area contributed by atoms with Gasteiger partial charge in [-0.3, -0.25) is 9.59 Å². The van der Waals surface area contributed by atoms with Crippen LogP contribution in [0.4, 0.5) is 5.69 Å². The molecule has 0 saturated carbocycles. The standard InChI is InChI=1S/C22H25NO4S/c1-14-7-10-20(26-3)19(11-14)23-22(25)15(2)27-21(24)13-28-18-9-8-16-5-4-6-17(16)12-18/h7-12,15H,4-6,13H2,1-3H3,(H,23,25)/t15-/m1/s1. The minimum atomic E-state index is -0.890. The summed E-state index contributed by atoms with van der Waals surface area (Å²) >= 11 is 1.43. The van der Waals surface area contributed by atoms with Gasteiger partial charge in [-0.15, -0.1) is 11.8 Å². The summed E-state index contributed by atoms with van der Waals surface area (Å²) in [6.07, 6.45) is 2.55. The topological polar surface area (TPSA) is 64.6 Å². The second-order valence-electron chi connectivity index (χ2n) is 6.90. The Kier molecular flexibility index (Phi) is 6.62. The normalized spacial score (nSPS) is 13.5. The van der Waals surface area contributed by atoms with E-state index in [9.17, 15) is 9.59 Å². The van der Waals surface area contributed by atoms with Crippen LogP contribution in [0.25, 0.3) is 0 Å². The van der Waals surface area contributed by atoms with Gasteiger partial charge in [0.1, 0.15) is 5.75 Å². The molecule has 0 bridgehead atoms. The number of benzene rings is 2. The van der Waals surface area contributed by atoms with Crippen molar-refractivity contribution in [3.05, 3.63) is 53.1 Å². The molecule has 0 aliphatic heterocycles. The van der Waals surface area contributed by atoms with Gasteiger partial charge in [0, 0.05) is 4.90 Å². The van der Waals surface area contributed by atoms with E-state index in [2.05, 4.69) is 17.4 Å². The number of ether oxygens (including phenoxy) is 2. The summed E-state index contributed by atoms with van der Waals surface area (Å²) in [5.41, 5.74) is 4.33. The van der Waals surface area contributed by atoms with E-state index in [-0.39, 0.29) is 11.7 Å². The molecule has 1 aliphatic rings. The molecule has 1 N–H and O–H groups in total. The van der Waals surface area contributed by atoms with Crippen molar-refractivity contribution in [3.8, 4) is 5.75 Å². The van der Waals surface area contributed by atoms with Crippen molar-refractivity contribution in [1.29, 1.82) is 0 Å². The van der Waals surface area contributed by atoms with Gasteiger partial charge in [0.15, 0.2) is 6.10 Å². The van der Waals surface area contributed by atoms with Gasteiger partial charge in [0.05, 0.1) is 18.6 Å². The molecular weight excluding hydrogens is 374 g/mol. The third kappa shape index (κ3) is 5.07. The number of rotatable bonds is 7. The van der Waals surface area contributed by atoms with Crippen LogP contribution in [-0.4, -0.2) is 30.8 Å². The Morgan fingerprint density at radius 1 is 1.14 bits per heavy atom. The maximum Gasteiger partial charge on any atom is 0.317 e. The predicted molar refractivity (Wildman–Crippen MR) is 111 cm³/mol. The van der Waals surface area contributed by atoms with Gasteiger partial charge in [0.2, 0.25) is 0 Å². The lowest BCUT2D eigenvalue weighted by molar-refractivity contribution is -0.150. The first kappa shape index (κ1) is 20.3. The second-order valence-corrected chi connectivity index (χ2v) is 7.95. The molecule has 1 atom stereocenters. The lowest BCUT2D eigenvalue weighted by atomic mass is 10.1. The van der Waals surface area contributed by atoms with E-state index in [4.69, 9.17) is 9.47 Å². The molecule has 0 fully saturated rings. The zero-order valence-electron chi connectivity index (χ0n) is 16.4. The molecule has 5 nitrogen and oxygen atoms in total. The van der Waals surface area contributed by atoms with Crippen molar-refractivity contribution in [3.63, 3.8) is 0 Å². The van der Waals surface area contributed by atoms with Gasteiger partial charge in [-0.1, -0.05) is 12.1 Å². The van der Waals surface area contributed by atoms with Crippen LogP contribution in [0.5, 0.6) is 5.75 Å². The summed E-state index contributed by atoms with van der Waals surface area (Å²) in [4.78, 5) is 25.6. The van der Waals surface area contributed by atoms with Gasteiger partial charge >= 0.3 is 5.97 Å². The Morgan fingerprint density at radius 3 is 2.71 bits per heavy atom. The monoisotopic (exact) mass is 399 g/mol. The SMILES string of the molecule is COc1ccc(C)cc1NC(=O)[C@@H](C)OC(=O)CSc1ccc2c(c1)CCC2. The molecular formula is C22H25NO4S. The number of fused-ring (bicyclic) bond motifs is 1. The number of methoxy groups -OCH3 is 1. The summed E-state index contributed by atoms with van der Waals surface area (Å²) in [5, 5.41) is 2.76. The average molecular weight is 400 g/mol. The van der Waals surface area contributed by atoms with Crippen molar-refractivity contribution in [1.82, 2.24) is 0 Å². The highest BCUT2D eigenvalue weighted by atomic mass is 32.2. The first-order valence-corrected chi connectivity index (χ1v) is 10.3. The number of hydrogen-bond donors (Lipinski definition) is 1. The number of carbonyl (C=O) groups is 2. The minimum absolute atomic E-state index is 0.171. The van der Waals surface area contributed by atoms with E-state index >= 15 is 0 Å².